The second-order valence-corrected chi connectivity index (χ2v) is 2.67. The normalized spacial score (nSPS) is 8.71. The third-order valence-corrected chi connectivity index (χ3v) is 1.61. The lowest BCUT2D eigenvalue weighted by molar-refractivity contribution is 0.111. The highest BCUT2D eigenvalue weighted by atomic mass is 16.5. The van der Waals surface area contributed by atoms with Crippen molar-refractivity contribution >= 4 is 6.29 Å². The maximum atomic E-state index is 10.6. The molecule has 1 rings (SSSR count). The van der Waals surface area contributed by atoms with Crippen molar-refractivity contribution in [3.63, 3.8) is 0 Å². The Morgan fingerprint density at radius 1 is 1.57 bits per heavy atom. The van der Waals surface area contributed by atoms with E-state index in [1.54, 1.807) is 19.1 Å². The standard InChI is InChI=1S/C11H11NO2/c1-3-4-7-14-11-6-5-9(2)12-10(11)8-13/h5-6,8H,7H2,1-2H3. The van der Waals surface area contributed by atoms with Crippen LogP contribution in [0.3, 0.4) is 0 Å². The highest BCUT2D eigenvalue weighted by molar-refractivity contribution is 5.76. The molecule has 0 fully saturated rings. The SMILES string of the molecule is CC#CCOc1ccc(C)nc1C=O. The molecule has 3 nitrogen and oxygen atoms in total. The Morgan fingerprint density at radius 3 is 3.00 bits per heavy atom. The average Bonchev–Trinajstić information content (AvgIpc) is 2.20. The number of carbonyl (C=O) groups is 1. The van der Waals surface area contributed by atoms with E-state index in [0.29, 0.717) is 17.7 Å². The van der Waals surface area contributed by atoms with Gasteiger partial charge in [0.25, 0.3) is 0 Å². The molecule has 0 aliphatic carbocycles. The molecule has 3 heteroatoms. The van der Waals surface area contributed by atoms with E-state index in [0.717, 1.165) is 5.69 Å². The van der Waals surface area contributed by atoms with E-state index < -0.39 is 0 Å². The highest BCUT2D eigenvalue weighted by Gasteiger charge is 2.03. The molecule has 14 heavy (non-hydrogen) atoms. The summed E-state index contributed by atoms with van der Waals surface area (Å²) in [6.07, 6.45) is 0.682. The minimum absolute atomic E-state index is 0.280. The van der Waals surface area contributed by atoms with Crippen molar-refractivity contribution in [2.75, 3.05) is 6.61 Å². The van der Waals surface area contributed by atoms with Crippen LogP contribution in [0.4, 0.5) is 0 Å². The van der Waals surface area contributed by atoms with Gasteiger partial charge in [0.15, 0.2) is 6.29 Å². The molecular weight excluding hydrogens is 178 g/mol. The van der Waals surface area contributed by atoms with E-state index in [1.807, 2.05) is 6.92 Å². The second-order valence-electron chi connectivity index (χ2n) is 2.67. The quantitative estimate of drug-likeness (QED) is 0.535. The first-order valence-electron chi connectivity index (χ1n) is 4.23. The van der Waals surface area contributed by atoms with Crippen LogP contribution in [0.2, 0.25) is 0 Å². The summed E-state index contributed by atoms with van der Waals surface area (Å²) in [5.74, 6) is 5.93. The predicted octanol–water partition coefficient (Wildman–Crippen LogP) is 1.60. The smallest absolute Gasteiger partial charge is 0.172 e. The summed E-state index contributed by atoms with van der Waals surface area (Å²) in [6, 6.07) is 3.52. The number of aryl methyl sites for hydroxylation is 1. The molecule has 0 radical (unpaired) electrons. The molecule has 0 aromatic carbocycles. The van der Waals surface area contributed by atoms with Crippen LogP contribution in [-0.4, -0.2) is 17.9 Å². The minimum atomic E-state index is 0.280. The Bertz CT molecular complexity index is 388. The number of pyridine rings is 1. The largest absolute Gasteiger partial charge is 0.479 e. The molecule has 0 bridgehead atoms. The van der Waals surface area contributed by atoms with Crippen molar-refractivity contribution in [1.29, 1.82) is 0 Å². The van der Waals surface area contributed by atoms with Crippen LogP contribution in [0.5, 0.6) is 5.75 Å². The zero-order chi connectivity index (χ0) is 10.4. The van der Waals surface area contributed by atoms with E-state index in [1.165, 1.54) is 0 Å². The molecule has 1 aromatic heterocycles. The number of rotatable bonds is 3. The van der Waals surface area contributed by atoms with Crippen LogP contribution in [0.25, 0.3) is 0 Å². The van der Waals surface area contributed by atoms with Gasteiger partial charge in [-0.1, -0.05) is 5.92 Å². The Kier molecular flexibility index (Phi) is 3.69. The predicted molar refractivity (Wildman–Crippen MR) is 53.3 cm³/mol. The fourth-order valence-electron chi connectivity index (χ4n) is 0.957. The summed E-state index contributed by atoms with van der Waals surface area (Å²) in [7, 11) is 0. The van der Waals surface area contributed by atoms with Crippen molar-refractivity contribution < 1.29 is 9.53 Å². The summed E-state index contributed by atoms with van der Waals surface area (Å²) in [4.78, 5) is 14.7. The molecule has 0 amide bonds. The van der Waals surface area contributed by atoms with Crippen LogP contribution in [0, 0.1) is 18.8 Å². The number of carbonyl (C=O) groups excluding carboxylic acids is 1. The van der Waals surface area contributed by atoms with Crippen LogP contribution >= 0.6 is 0 Å². The number of hydrogen-bond donors (Lipinski definition) is 0. The Labute approximate surface area is 83.1 Å². The van der Waals surface area contributed by atoms with Crippen molar-refractivity contribution in [1.82, 2.24) is 4.98 Å². The summed E-state index contributed by atoms with van der Waals surface area (Å²) in [5, 5.41) is 0. The van der Waals surface area contributed by atoms with Crippen LogP contribution in [-0.2, 0) is 0 Å². The van der Waals surface area contributed by atoms with Gasteiger partial charge in [0.1, 0.15) is 18.1 Å². The molecule has 0 unspecified atom stereocenters. The summed E-state index contributed by atoms with van der Waals surface area (Å²) in [6.45, 7) is 3.84. The van der Waals surface area contributed by atoms with Gasteiger partial charge in [-0.05, 0) is 26.0 Å². The van der Waals surface area contributed by atoms with Crippen LogP contribution in [0.15, 0.2) is 12.1 Å². The fourth-order valence-corrected chi connectivity index (χ4v) is 0.957. The van der Waals surface area contributed by atoms with Crippen molar-refractivity contribution in [2.24, 2.45) is 0 Å². The number of hydrogen-bond acceptors (Lipinski definition) is 3. The van der Waals surface area contributed by atoms with Crippen LogP contribution < -0.4 is 4.74 Å². The molecule has 1 aromatic rings. The van der Waals surface area contributed by atoms with Crippen molar-refractivity contribution in [2.45, 2.75) is 13.8 Å². The fraction of sp³-hybridized carbons (Fsp3) is 0.273. The van der Waals surface area contributed by atoms with Gasteiger partial charge < -0.3 is 4.74 Å². The average molecular weight is 189 g/mol. The topological polar surface area (TPSA) is 39.2 Å². The Hall–Kier alpha value is -1.82. The molecule has 0 N–H and O–H groups in total. The van der Waals surface area contributed by atoms with Gasteiger partial charge in [0.2, 0.25) is 0 Å². The number of aldehydes is 1. The maximum absolute atomic E-state index is 10.6. The van der Waals surface area contributed by atoms with E-state index in [-0.39, 0.29) is 6.61 Å². The lowest BCUT2D eigenvalue weighted by Gasteiger charge is -2.04. The van der Waals surface area contributed by atoms with Gasteiger partial charge in [-0.15, -0.1) is 5.92 Å². The first-order valence-corrected chi connectivity index (χ1v) is 4.23. The van der Waals surface area contributed by atoms with Crippen molar-refractivity contribution in [3.05, 3.63) is 23.5 Å². The summed E-state index contributed by atoms with van der Waals surface area (Å²) in [5.41, 5.74) is 1.11. The summed E-state index contributed by atoms with van der Waals surface area (Å²) < 4.78 is 5.26. The lowest BCUT2D eigenvalue weighted by Crippen LogP contribution is -2.00. The summed E-state index contributed by atoms with van der Waals surface area (Å²) >= 11 is 0. The number of nitrogens with zero attached hydrogens (tertiary/aromatic N) is 1. The molecule has 1 heterocycles. The highest BCUT2D eigenvalue weighted by Crippen LogP contribution is 2.14. The van der Waals surface area contributed by atoms with E-state index in [4.69, 9.17) is 4.74 Å². The van der Waals surface area contributed by atoms with Gasteiger partial charge in [0.05, 0.1) is 0 Å². The second kappa shape index (κ2) is 5.03. The van der Waals surface area contributed by atoms with Crippen molar-refractivity contribution in [3.8, 4) is 17.6 Å². The Balaban J connectivity index is 2.83. The van der Waals surface area contributed by atoms with Gasteiger partial charge in [-0.3, -0.25) is 4.79 Å². The van der Waals surface area contributed by atoms with Gasteiger partial charge in [-0.2, -0.15) is 0 Å². The molecule has 0 spiro atoms. The number of aromatic nitrogens is 1. The Morgan fingerprint density at radius 2 is 2.36 bits per heavy atom. The first kappa shape index (κ1) is 10.3. The molecule has 72 valence electrons. The van der Waals surface area contributed by atoms with E-state index in [9.17, 15) is 4.79 Å². The third kappa shape index (κ3) is 2.60. The molecule has 0 aliphatic heterocycles. The third-order valence-electron chi connectivity index (χ3n) is 1.61. The van der Waals surface area contributed by atoms with Gasteiger partial charge >= 0.3 is 0 Å². The number of ether oxygens (including phenoxy) is 1. The molecule has 0 atom stereocenters. The zero-order valence-electron chi connectivity index (χ0n) is 8.20. The van der Waals surface area contributed by atoms with Crippen LogP contribution in [0.1, 0.15) is 23.1 Å². The first-order chi connectivity index (χ1) is 6.77. The van der Waals surface area contributed by atoms with Gasteiger partial charge in [-0.25, -0.2) is 4.98 Å². The molecule has 0 aliphatic rings. The molecule has 0 saturated heterocycles. The zero-order valence-corrected chi connectivity index (χ0v) is 8.20. The monoisotopic (exact) mass is 189 g/mol. The van der Waals surface area contributed by atoms with E-state index in [2.05, 4.69) is 16.8 Å². The molecular formula is C11H11NO2. The van der Waals surface area contributed by atoms with E-state index >= 15 is 0 Å². The van der Waals surface area contributed by atoms with Gasteiger partial charge in [0, 0.05) is 5.69 Å². The maximum Gasteiger partial charge on any atom is 0.172 e. The molecule has 0 saturated carbocycles. The minimum Gasteiger partial charge on any atom is -0.479 e. The lowest BCUT2D eigenvalue weighted by atomic mass is 10.3.